The zero-order valence-corrected chi connectivity index (χ0v) is 10.8. The minimum absolute atomic E-state index is 0.0293. The van der Waals surface area contributed by atoms with Gasteiger partial charge >= 0.3 is 0 Å². The number of hydrogen-bond acceptors (Lipinski definition) is 2. The summed E-state index contributed by atoms with van der Waals surface area (Å²) in [6.07, 6.45) is 0. The third-order valence-corrected chi connectivity index (χ3v) is 2.49. The van der Waals surface area contributed by atoms with Gasteiger partial charge < -0.3 is 4.90 Å². The molecule has 0 amide bonds. The molecule has 1 aromatic carbocycles. The average Bonchev–Trinajstić information content (AvgIpc) is 2.17. The first kappa shape index (κ1) is 12.8. The molecule has 2 nitrogen and oxygen atoms in total. The monoisotopic (exact) mass is 237 g/mol. The van der Waals surface area contributed by atoms with Gasteiger partial charge in [-0.2, -0.15) is 0 Å². The number of carbonyl (C=O) groups excluding carboxylic acids is 1. The number of allylic oxidation sites excluding steroid dienone is 2. The van der Waals surface area contributed by atoms with Crippen LogP contribution in [-0.2, 0) is 0 Å². The Balaban J connectivity index is 3.11. The minimum atomic E-state index is 0.0293. The lowest BCUT2D eigenvalue weighted by Gasteiger charge is -2.18. The fourth-order valence-corrected chi connectivity index (χ4v) is 1.74. The Bertz CT molecular complexity index is 414. The summed E-state index contributed by atoms with van der Waals surface area (Å²) in [6.45, 7) is 3.87. The predicted octanol–water partition coefficient (Wildman–Crippen LogP) is 3.38. The van der Waals surface area contributed by atoms with Crippen molar-refractivity contribution in [3.8, 4) is 0 Å². The van der Waals surface area contributed by atoms with Gasteiger partial charge in [-0.1, -0.05) is 11.6 Å². The second-order valence-electron chi connectivity index (χ2n) is 4.08. The van der Waals surface area contributed by atoms with Crippen molar-refractivity contribution in [2.24, 2.45) is 0 Å². The average molecular weight is 238 g/mol. The minimum Gasteiger partial charge on any atom is -0.375 e. The number of nitrogens with zero attached hydrogens (tertiary/aromatic N) is 1. The van der Waals surface area contributed by atoms with Crippen LogP contribution in [0.15, 0.2) is 35.5 Å². The summed E-state index contributed by atoms with van der Waals surface area (Å²) in [6, 6.07) is 6.95. The highest BCUT2D eigenvalue weighted by atomic mass is 35.5. The summed E-state index contributed by atoms with van der Waals surface area (Å²) in [5.41, 5.74) is 2.39. The van der Waals surface area contributed by atoms with Gasteiger partial charge in [0.25, 0.3) is 0 Å². The number of ketones is 1. The Morgan fingerprint density at radius 2 is 1.62 bits per heavy atom. The van der Waals surface area contributed by atoms with Crippen LogP contribution < -0.4 is 0 Å². The summed E-state index contributed by atoms with van der Waals surface area (Å²) in [5.74, 6) is 0.0293. The number of rotatable bonds is 3. The Kier molecular flexibility index (Phi) is 4.13. The van der Waals surface area contributed by atoms with Crippen LogP contribution in [0.1, 0.15) is 24.2 Å². The summed E-state index contributed by atoms with van der Waals surface area (Å²) in [5, 5.41) is 0.639. The largest absolute Gasteiger partial charge is 0.375 e. The standard InChI is InChI=1S/C13H16ClNO/c1-9(2)12(15(3)4)13(16)10-5-7-11(14)8-6-10/h5-8H,1-4H3. The smallest absolute Gasteiger partial charge is 0.208 e. The van der Waals surface area contributed by atoms with E-state index in [1.165, 1.54) is 0 Å². The van der Waals surface area contributed by atoms with Crippen molar-refractivity contribution in [3.63, 3.8) is 0 Å². The van der Waals surface area contributed by atoms with Gasteiger partial charge in [0.2, 0.25) is 5.78 Å². The van der Waals surface area contributed by atoms with Crippen molar-refractivity contribution in [1.29, 1.82) is 0 Å². The Morgan fingerprint density at radius 1 is 1.12 bits per heavy atom. The number of likely N-dealkylation sites (N-methyl/N-ethyl adjacent to an activating group) is 1. The molecular weight excluding hydrogens is 222 g/mol. The van der Waals surface area contributed by atoms with E-state index >= 15 is 0 Å². The lowest BCUT2D eigenvalue weighted by Crippen LogP contribution is -2.20. The Hall–Kier alpha value is -1.28. The van der Waals surface area contributed by atoms with Crippen molar-refractivity contribution >= 4 is 17.4 Å². The first-order valence-electron chi connectivity index (χ1n) is 5.08. The van der Waals surface area contributed by atoms with Crippen LogP contribution in [-0.4, -0.2) is 24.8 Å². The van der Waals surface area contributed by atoms with Crippen molar-refractivity contribution in [3.05, 3.63) is 46.1 Å². The molecule has 16 heavy (non-hydrogen) atoms. The van der Waals surface area contributed by atoms with Gasteiger partial charge in [0.1, 0.15) is 0 Å². The molecule has 3 heteroatoms. The summed E-state index contributed by atoms with van der Waals surface area (Å²) >= 11 is 5.79. The molecule has 0 radical (unpaired) electrons. The summed E-state index contributed by atoms with van der Waals surface area (Å²) in [7, 11) is 3.74. The van der Waals surface area contributed by atoms with E-state index in [4.69, 9.17) is 11.6 Å². The van der Waals surface area contributed by atoms with Crippen molar-refractivity contribution in [2.75, 3.05) is 14.1 Å². The number of hydrogen-bond donors (Lipinski definition) is 0. The van der Waals surface area contributed by atoms with E-state index in [0.29, 0.717) is 10.6 Å². The van der Waals surface area contributed by atoms with Gasteiger partial charge in [-0.15, -0.1) is 0 Å². The molecule has 0 spiro atoms. The third-order valence-electron chi connectivity index (χ3n) is 2.24. The first-order chi connectivity index (χ1) is 7.43. The second kappa shape index (κ2) is 5.17. The van der Waals surface area contributed by atoms with Gasteiger partial charge in [-0.05, 0) is 43.7 Å². The first-order valence-corrected chi connectivity index (χ1v) is 5.46. The van der Waals surface area contributed by atoms with Gasteiger partial charge in [0.05, 0.1) is 5.70 Å². The number of benzene rings is 1. The predicted molar refractivity (Wildman–Crippen MR) is 67.8 cm³/mol. The van der Waals surface area contributed by atoms with Crippen LogP contribution in [0, 0.1) is 0 Å². The molecule has 0 N–H and O–H groups in total. The molecule has 0 fully saturated rings. The van der Waals surface area contributed by atoms with Gasteiger partial charge in [-0.25, -0.2) is 0 Å². The normalized spacial score (nSPS) is 9.81. The fraction of sp³-hybridized carbons (Fsp3) is 0.308. The molecule has 0 aliphatic heterocycles. The molecule has 0 saturated heterocycles. The molecule has 0 saturated carbocycles. The highest BCUT2D eigenvalue weighted by Gasteiger charge is 2.15. The fourth-order valence-electron chi connectivity index (χ4n) is 1.62. The van der Waals surface area contributed by atoms with Crippen LogP contribution in [0.25, 0.3) is 0 Å². The zero-order chi connectivity index (χ0) is 12.3. The maximum atomic E-state index is 12.2. The van der Waals surface area contributed by atoms with Crippen molar-refractivity contribution in [1.82, 2.24) is 4.90 Å². The van der Waals surface area contributed by atoms with Crippen molar-refractivity contribution < 1.29 is 4.79 Å². The quantitative estimate of drug-likeness (QED) is 0.593. The van der Waals surface area contributed by atoms with Crippen molar-refractivity contribution in [2.45, 2.75) is 13.8 Å². The molecule has 0 unspecified atom stereocenters. The highest BCUT2D eigenvalue weighted by molar-refractivity contribution is 6.30. The van der Waals surface area contributed by atoms with E-state index < -0.39 is 0 Å². The molecule has 0 heterocycles. The molecule has 0 aromatic heterocycles. The van der Waals surface area contributed by atoms with Crippen LogP contribution in [0.5, 0.6) is 0 Å². The number of halogens is 1. The van der Waals surface area contributed by atoms with E-state index in [9.17, 15) is 4.79 Å². The van der Waals surface area contributed by atoms with E-state index in [2.05, 4.69) is 0 Å². The van der Waals surface area contributed by atoms with Gasteiger partial charge in [-0.3, -0.25) is 4.79 Å². The SMILES string of the molecule is CC(C)=C(C(=O)c1ccc(Cl)cc1)N(C)C. The third kappa shape index (κ3) is 2.86. The van der Waals surface area contributed by atoms with Crippen LogP contribution in [0.3, 0.4) is 0 Å². The van der Waals surface area contributed by atoms with E-state index in [0.717, 1.165) is 11.3 Å². The molecule has 1 rings (SSSR count). The van der Waals surface area contributed by atoms with E-state index in [-0.39, 0.29) is 5.78 Å². The van der Waals surface area contributed by atoms with E-state index in [1.807, 2.05) is 32.8 Å². The van der Waals surface area contributed by atoms with Crippen LogP contribution >= 0.6 is 11.6 Å². The maximum Gasteiger partial charge on any atom is 0.208 e. The van der Waals surface area contributed by atoms with Gasteiger partial charge in [0.15, 0.2) is 0 Å². The molecular formula is C13H16ClNO. The summed E-state index contributed by atoms with van der Waals surface area (Å²) in [4.78, 5) is 14.0. The maximum absolute atomic E-state index is 12.2. The molecule has 86 valence electrons. The van der Waals surface area contributed by atoms with Crippen LogP contribution in [0.4, 0.5) is 0 Å². The van der Waals surface area contributed by atoms with Crippen LogP contribution in [0.2, 0.25) is 5.02 Å². The molecule has 0 aliphatic rings. The molecule has 0 aliphatic carbocycles. The second-order valence-corrected chi connectivity index (χ2v) is 4.52. The lowest BCUT2D eigenvalue weighted by atomic mass is 10.0. The lowest BCUT2D eigenvalue weighted by molar-refractivity contribution is 0.100. The number of carbonyl (C=O) groups is 1. The number of Topliss-reactive ketones (excluding diaryl/α,β-unsaturated/α-hetero) is 1. The Labute approximate surface area is 102 Å². The molecule has 0 bridgehead atoms. The molecule has 0 atom stereocenters. The summed E-state index contributed by atoms with van der Waals surface area (Å²) < 4.78 is 0. The highest BCUT2D eigenvalue weighted by Crippen LogP contribution is 2.16. The van der Waals surface area contributed by atoms with Gasteiger partial charge in [0, 0.05) is 24.7 Å². The Morgan fingerprint density at radius 3 is 2.00 bits per heavy atom. The zero-order valence-electron chi connectivity index (χ0n) is 10.0. The topological polar surface area (TPSA) is 20.3 Å². The molecule has 1 aromatic rings. The van der Waals surface area contributed by atoms with E-state index in [1.54, 1.807) is 24.3 Å².